The molecule has 6 aromatic rings. The van der Waals surface area contributed by atoms with Crippen molar-refractivity contribution in [2.75, 3.05) is 11.5 Å². The molecule has 0 bridgehead atoms. The molecular weight excluding hydrogens is 1330 g/mol. The third-order valence-electron chi connectivity index (χ3n) is 8.49. The van der Waals surface area contributed by atoms with Gasteiger partial charge in [-0.15, -0.1) is 27.7 Å². The SMILES string of the molecule is C.C[C-]=C(C)n1[c-]c(C)nc1.C[C-]=C(C)n1[c-]c(C)nc1N.C[C-]=C(C)n1[c-]c(N)nc1C.C[C-]=C(C)n1[c-]cnc1C.C[C-]=C(N)n1[c-]c(C)nc1C.C[C-]=Cn1[c-]c(C)nc1C.[Y].[Y].[Y].[Y].[Y].[Y]. The fourth-order valence-corrected chi connectivity index (χ4v) is 4.90. The largest absolute Gasteiger partial charge is 0.554 e. The molecule has 0 aliphatic heterocycles. The predicted octanol–water partition coefficient (Wildman–Crippen LogP) is 8.96. The quantitative estimate of drug-likeness (QED) is 0.137. The number of nitrogens with two attached hydrogens (primary N) is 3. The van der Waals surface area contributed by atoms with Crippen LogP contribution < -0.4 is 17.2 Å². The topological polar surface area (TPSA) is 185 Å². The van der Waals surface area contributed by atoms with Gasteiger partial charge in [0.25, 0.3) is 0 Å². The summed E-state index contributed by atoms with van der Waals surface area (Å²) in [6.07, 6.45) is 40.8. The number of hydrogen-bond donors (Lipinski definition) is 3. The molecule has 0 saturated carbocycles. The van der Waals surface area contributed by atoms with Crippen molar-refractivity contribution in [1.82, 2.24) is 57.3 Å². The molecule has 368 valence electrons. The molecule has 0 spiro atoms. The zero-order valence-electron chi connectivity index (χ0n) is 43.8. The van der Waals surface area contributed by atoms with Crippen molar-refractivity contribution in [1.29, 1.82) is 0 Å². The maximum Gasteiger partial charge on any atom is 0.0879 e. The van der Waals surface area contributed by atoms with Crippen LogP contribution in [0.3, 0.4) is 0 Å². The van der Waals surface area contributed by atoms with E-state index < -0.39 is 0 Å². The smallest absolute Gasteiger partial charge is 0.0879 e. The zero-order chi connectivity index (χ0) is 48.0. The Kier molecular flexibility index (Phi) is 53.8. The van der Waals surface area contributed by atoms with Crippen molar-refractivity contribution in [3.8, 4) is 0 Å². The van der Waals surface area contributed by atoms with Crippen LogP contribution >= 0.6 is 0 Å². The molecule has 0 aliphatic carbocycles. The van der Waals surface area contributed by atoms with E-state index >= 15 is 0 Å². The van der Waals surface area contributed by atoms with Crippen LogP contribution in [0.1, 0.15) is 123 Å². The summed E-state index contributed by atoms with van der Waals surface area (Å²) >= 11 is 0. The van der Waals surface area contributed by atoms with Gasteiger partial charge in [0, 0.05) is 196 Å². The van der Waals surface area contributed by atoms with Crippen LogP contribution in [-0.4, -0.2) is 57.3 Å². The summed E-state index contributed by atoms with van der Waals surface area (Å²) in [5, 5.41) is 0. The number of aryl methyl sites for hydroxylation is 8. The molecule has 0 fully saturated rings. The third kappa shape index (κ3) is 30.3. The van der Waals surface area contributed by atoms with E-state index in [0.29, 0.717) is 17.6 Å². The maximum atomic E-state index is 5.61. The van der Waals surface area contributed by atoms with E-state index in [1.807, 2.05) is 138 Å². The summed E-state index contributed by atoms with van der Waals surface area (Å²) in [6, 6.07) is 0. The minimum absolute atomic E-state index is 0. The van der Waals surface area contributed by atoms with Gasteiger partial charge >= 0.3 is 0 Å². The summed E-state index contributed by atoms with van der Waals surface area (Å²) in [5.74, 6) is 5.02. The summed E-state index contributed by atoms with van der Waals surface area (Å²) in [7, 11) is 0. The molecule has 0 unspecified atom stereocenters. The van der Waals surface area contributed by atoms with E-state index in [1.54, 1.807) is 33.1 Å². The van der Waals surface area contributed by atoms with Gasteiger partial charge in [-0.05, 0) is 86.3 Å². The number of aromatic nitrogens is 12. The van der Waals surface area contributed by atoms with Gasteiger partial charge in [-0.25, -0.2) is 41.5 Å². The maximum absolute atomic E-state index is 5.61. The van der Waals surface area contributed by atoms with Crippen LogP contribution in [0, 0.1) is 129 Å². The first kappa shape index (κ1) is 83.7. The molecule has 6 radical (unpaired) electrons. The number of rotatable bonds is 6. The first-order valence-electron chi connectivity index (χ1n) is 19.8. The van der Waals surface area contributed by atoms with Gasteiger partial charge in [0.2, 0.25) is 0 Å². The molecule has 15 nitrogen and oxygen atoms in total. The van der Waals surface area contributed by atoms with E-state index in [2.05, 4.69) is 104 Å². The summed E-state index contributed by atoms with van der Waals surface area (Å²) in [6.45, 7) is 34.1. The Morgan fingerprint density at radius 2 is 0.957 bits per heavy atom. The average Bonchev–Trinajstić information content (AvgIpc) is 4.12. The van der Waals surface area contributed by atoms with E-state index in [0.717, 1.165) is 68.9 Å². The minimum Gasteiger partial charge on any atom is -0.554 e. The van der Waals surface area contributed by atoms with E-state index in [4.69, 9.17) is 17.2 Å². The molecule has 21 heteroatoms. The first-order chi connectivity index (χ1) is 29.7. The van der Waals surface area contributed by atoms with Crippen LogP contribution in [0.2, 0.25) is 0 Å². The van der Waals surface area contributed by atoms with Crippen molar-refractivity contribution < 1.29 is 196 Å². The number of imidazole rings is 6. The molecule has 0 amide bonds. The van der Waals surface area contributed by atoms with Crippen molar-refractivity contribution in [3.05, 3.63) is 132 Å². The molecule has 6 heterocycles. The molecule has 0 aromatic carbocycles. The van der Waals surface area contributed by atoms with Gasteiger partial charge in [-0.1, -0.05) is 72.3 Å². The van der Waals surface area contributed by atoms with Gasteiger partial charge in [-0.3, -0.25) is 39.0 Å². The minimum atomic E-state index is 0. The normalized spacial score (nSPS) is 10.7. The van der Waals surface area contributed by atoms with E-state index in [9.17, 15) is 0 Å². The van der Waals surface area contributed by atoms with Crippen molar-refractivity contribution in [2.45, 2.75) is 132 Å². The second kappa shape index (κ2) is 45.0. The first-order valence-corrected chi connectivity index (χ1v) is 19.8. The van der Waals surface area contributed by atoms with Crippen LogP contribution in [0.5, 0.6) is 0 Å². The Morgan fingerprint density at radius 1 is 0.500 bits per heavy atom. The molecule has 6 rings (SSSR count). The molecule has 0 saturated heterocycles. The molecule has 0 aliphatic rings. The summed E-state index contributed by atoms with van der Waals surface area (Å²) < 4.78 is 10.7. The Balaban J connectivity index is -0.000000133. The number of allylic oxidation sites excluding steroid dienone is 10. The Bertz CT molecular complexity index is 2360. The molecule has 6 N–H and O–H groups in total. The summed E-state index contributed by atoms with van der Waals surface area (Å²) in [4.78, 5) is 24.4. The van der Waals surface area contributed by atoms with Gasteiger partial charge in [0.1, 0.15) is 0 Å². The zero-order valence-corrected chi connectivity index (χ0v) is 60.8. The predicted molar refractivity (Wildman–Crippen MR) is 259 cm³/mol. The Labute approximate surface area is 572 Å². The molecule has 0 atom stereocenters. The Morgan fingerprint density at radius 3 is 1.30 bits per heavy atom. The number of nitrogen functional groups attached to an aromatic ring is 2. The fourth-order valence-electron chi connectivity index (χ4n) is 4.90. The second-order valence-electron chi connectivity index (χ2n) is 13.4. The van der Waals surface area contributed by atoms with Gasteiger partial charge in [0.05, 0.1) is 11.8 Å². The van der Waals surface area contributed by atoms with Crippen LogP contribution in [0.25, 0.3) is 34.8 Å². The summed E-state index contributed by atoms with van der Waals surface area (Å²) in [5.41, 5.74) is 24.1. The van der Waals surface area contributed by atoms with Crippen molar-refractivity contribution in [3.63, 3.8) is 0 Å². The van der Waals surface area contributed by atoms with E-state index in [-0.39, 0.29) is 204 Å². The number of nitrogens with zero attached hydrogens (tertiary/aromatic N) is 12. The van der Waals surface area contributed by atoms with Gasteiger partial charge in [-0.2, -0.15) is 5.82 Å². The average molecular weight is 1400 g/mol. The van der Waals surface area contributed by atoms with Gasteiger partial charge in [0.15, 0.2) is 0 Å². The monoisotopic (exact) mass is 1400 g/mol. The van der Waals surface area contributed by atoms with Crippen LogP contribution in [0.15, 0.2) is 12.5 Å². The standard InChI is InChI=1S/3C8H11N3.3C8H10N2.CH4.6Y/c1-4-8(9)11-5-6(2)10-7(11)3;1-4-7(3)11-5-6(2)10-8(11)9;1-4-6(2)11-5-8(9)10-7(11)3;1-4-8(3)10-5-7(2)9-6-10;1-4-7(2)10-6-5-9-8(10)3;1-4-5-10-6-7(2)9-8(10)3;;;;;;;/h9H2,1-3H3;1-3H3,(H2,9,10);9H2,1-3H3;6H,1-3H3;2*5H,1-3H3;1H4;;;;;;/q6*-2;;;;;;;. The Hall–Kier alpha value is -0.277. The molecular formula is C49H67N15Y6-12. The number of anilines is 2. The third-order valence-corrected chi connectivity index (χ3v) is 8.49. The molecule has 6 aromatic heterocycles. The van der Waals surface area contributed by atoms with Crippen molar-refractivity contribution >= 4 is 46.6 Å². The molecule has 70 heavy (non-hydrogen) atoms. The number of hydrogen-bond acceptors (Lipinski definition) is 9. The van der Waals surface area contributed by atoms with Crippen LogP contribution in [-0.2, 0) is 196 Å². The van der Waals surface area contributed by atoms with Gasteiger partial charge < -0.3 is 101 Å². The van der Waals surface area contributed by atoms with Crippen molar-refractivity contribution in [2.24, 2.45) is 5.73 Å². The fraction of sp³-hybridized carbons (Fsp3) is 0.388. The van der Waals surface area contributed by atoms with Crippen LogP contribution in [0.4, 0.5) is 11.8 Å². The second-order valence-corrected chi connectivity index (χ2v) is 13.4. The van der Waals surface area contributed by atoms with E-state index in [1.165, 1.54) is 0 Å².